The van der Waals surface area contributed by atoms with Crippen LogP contribution >= 0.6 is 0 Å². The maximum absolute atomic E-state index is 13.5. The highest BCUT2D eigenvalue weighted by Gasteiger charge is 2.24. The molecule has 4 heterocycles. The minimum absolute atomic E-state index is 0.244. The van der Waals surface area contributed by atoms with Gasteiger partial charge in [0.15, 0.2) is 0 Å². The van der Waals surface area contributed by atoms with Gasteiger partial charge in [0.05, 0.1) is 29.8 Å². The predicted octanol–water partition coefficient (Wildman–Crippen LogP) is 3.78. The molecule has 0 saturated heterocycles. The first-order valence-electron chi connectivity index (χ1n) is 10.4. The molecule has 32 heavy (non-hydrogen) atoms. The summed E-state index contributed by atoms with van der Waals surface area (Å²) >= 11 is 0. The van der Waals surface area contributed by atoms with E-state index in [0.29, 0.717) is 30.5 Å². The summed E-state index contributed by atoms with van der Waals surface area (Å²) in [6, 6.07) is 11.1. The number of urea groups is 1. The van der Waals surface area contributed by atoms with Crippen LogP contribution in [0.3, 0.4) is 0 Å². The normalized spacial score (nSPS) is 13.6. The van der Waals surface area contributed by atoms with E-state index in [2.05, 4.69) is 25.7 Å². The average Bonchev–Trinajstić information content (AvgIpc) is 3.25. The Bertz CT molecular complexity index is 1290. The van der Waals surface area contributed by atoms with E-state index in [-0.39, 0.29) is 12.1 Å². The van der Waals surface area contributed by atoms with Crippen LogP contribution in [0, 0.1) is 0 Å². The highest BCUT2D eigenvalue weighted by atomic mass is 16.5. The second-order valence-electron chi connectivity index (χ2n) is 7.67. The Hall–Kier alpha value is -4.14. The summed E-state index contributed by atoms with van der Waals surface area (Å²) in [7, 11) is 1.84. The van der Waals surface area contributed by atoms with Crippen molar-refractivity contribution >= 4 is 34.0 Å². The molecule has 1 unspecified atom stereocenters. The summed E-state index contributed by atoms with van der Waals surface area (Å²) in [6.45, 7) is 3.15. The molecule has 0 bridgehead atoms. The molecule has 162 valence electrons. The maximum Gasteiger partial charge on any atom is 0.328 e. The molecule has 1 aromatic carbocycles. The molecule has 9 nitrogen and oxygen atoms in total. The second kappa shape index (κ2) is 8.18. The van der Waals surface area contributed by atoms with Crippen molar-refractivity contribution in [3.63, 3.8) is 0 Å². The van der Waals surface area contributed by atoms with Gasteiger partial charge in [0.2, 0.25) is 5.88 Å². The second-order valence-corrected chi connectivity index (χ2v) is 7.67. The number of pyridine rings is 2. The van der Waals surface area contributed by atoms with Gasteiger partial charge in [-0.2, -0.15) is 5.10 Å². The van der Waals surface area contributed by atoms with Gasteiger partial charge in [0, 0.05) is 36.9 Å². The number of fused-ring (bicyclic) bond motifs is 2. The van der Waals surface area contributed by atoms with E-state index in [0.717, 1.165) is 22.0 Å². The van der Waals surface area contributed by atoms with Crippen molar-refractivity contribution in [2.75, 3.05) is 23.4 Å². The molecule has 0 spiro atoms. The first-order chi connectivity index (χ1) is 15.6. The molecular formula is C23H23N7O2. The number of hydrogen-bond acceptors (Lipinski definition) is 6. The minimum Gasteiger partial charge on any atom is -0.474 e. The van der Waals surface area contributed by atoms with Crippen LogP contribution in [-0.2, 0) is 7.05 Å². The first-order valence-corrected chi connectivity index (χ1v) is 10.4. The Morgan fingerprint density at radius 1 is 1.19 bits per heavy atom. The molecule has 5 rings (SSSR count). The van der Waals surface area contributed by atoms with Crippen LogP contribution in [0.2, 0.25) is 0 Å². The zero-order chi connectivity index (χ0) is 22.1. The lowest BCUT2D eigenvalue weighted by Gasteiger charge is -2.26. The summed E-state index contributed by atoms with van der Waals surface area (Å²) in [5.41, 5.74) is 2.24. The van der Waals surface area contributed by atoms with Crippen LogP contribution in [0.5, 0.6) is 5.88 Å². The van der Waals surface area contributed by atoms with E-state index in [4.69, 9.17) is 4.74 Å². The zero-order valence-electron chi connectivity index (χ0n) is 17.8. The number of nitrogens with zero attached hydrogens (tertiary/aromatic N) is 5. The minimum atomic E-state index is -0.317. The topological polar surface area (TPSA) is 97.2 Å². The predicted molar refractivity (Wildman–Crippen MR) is 122 cm³/mol. The molecule has 0 saturated carbocycles. The van der Waals surface area contributed by atoms with Crippen LogP contribution in [0.1, 0.15) is 18.5 Å². The van der Waals surface area contributed by atoms with Crippen molar-refractivity contribution in [2.45, 2.75) is 13.0 Å². The molecule has 2 N–H and O–H groups in total. The SMILES string of the molecule is CC(NC(=O)N(c1cnc2c(c1)NCCO2)c1cc2ccccc2cn1)c1cnn(C)c1. The van der Waals surface area contributed by atoms with Gasteiger partial charge in [-0.25, -0.2) is 19.7 Å². The van der Waals surface area contributed by atoms with Gasteiger partial charge in [-0.3, -0.25) is 4.68 Å². The number of carbonyl (C=O) groups is 1. The Labute approximate surface area is 185 Å². The lowest BCUT2D eigenvalue weighted by molar-refractivity contribution is 0.245. The number of rotatable bonds is 4. The third-order valence-corrected chi connectivity index (χ3v) is 5.36. The lowest BCUT2D eigenvalue weighted by Crippen LogP contribution is -2.38. The van der Waals surface area contributed by atoms with Gasteiger partial charge in [-0.05, 0) is 24.4 Å². The first kappa shape index (κ1) is 19.8. The monoisotopic (exact) mass is 429 g/mol. The zero-order valence-corrected chi connectivity index (χ0v) is 17.8. The number of carbonyl (C=O) groups excluding carboxylic acids is 1. The van der Waals surface area contributed by atoms with Gasteiger partial charge >= 0.3 is 6.03 Å². The van der Waals surface area contributed by atoms with E-state index in [1.54, 1.807) is 23.3 Å². The maximum atomic E-state index is 13.5. The smallest absolute Gasteiger partial charge is 0.328 e. The van der Waals surface area contributed by atoms with E-state index < -0.39 is 0 Å². The van der Waals surface area contributed by atoms with Gasteiger partial charge in [0.1, 0.15) is 12.4 Å². The van der Waals surface area contributed by atoms with E-state index >= 15 is 0 Å². The van der Waals surface area contributed by atoms with Gasteiger partial charge in [0.25, 0.3) is 0 Å². The summed E-state index contributed by atoms with van der Waals surface area (Å²) in [6.07, 6.45) is 7.01. The molecular weight excluding hydrogens is 406 g/mol. The van der Waals surface area contributed by atoms with Gasteiger partial charge < -0.3 is 15.4 Å². The summed E-state index contributed by atoms with van der Waals surface area (Å²) in [4.78, 5) is 24.0. The van der Waals surface area contributed by atoms with Crippen molar-refractivity contribution in [3.8, 4) is 5.88 Å². The van der Waals surface area contributed by atoms with Crippen LogP contribution in [0.15, 0.2) is 61.2 Å². The van der Waals surface area contributed by atoms with Crippen molar-refractivity contribution in [1.29, 1.82) is 0 Å². The molecule has 0 radical (unpaired) electrons. The van der Waals surface area contributed by atoms with Crippen LogP contribution in [0.25, 0.3) is 10.8 Å². The molecule has 1 atom stereocenters. The fourth-order valence-corrected chi connectivity index (χ4v) is 3.68. The molecule has 3 aromatic heterocycles. The molecule has 1 aliphatic rings. The van der Waals surface area contributed by atoms with Crippen molar-refractivity contribution in [1.82, 2.24) is 25.1 Å². The standard InChI is InChI=1S/C23H23N7O2/c1-15(18-12-27-29(2)14-18)28-23(31)30(19-10-20-22(26-13-19)32-8-7-24-20)21-9-16-5-3-4-6-17(16)11-25-21/h3-6,9-15,24H,7-8H2,1-2H3,(H,28,31). The molecule has 4 aromatic rings. The quantitative estimate of drug-likeness (QED) is 0.513. The fraction of sp³-hybridized carbons (Fsp3) is 0.217. The van der Waals surface area contributed by atoms with Crippen LogP contribution in [-0.4, -0.2) is 38.9 Å². The molecule has 1 aliphatic heterocycles. The molecule has 9 heteroatoms. The Morgan fingerprint density at radius 2 is 2.03 bits per heavy atom. The Balaban J connectivity index is 1.54. The summed E-state index contributed by atoms with van der Waals surface area (Å²) in [5, 5.41) is 12.5. The van der Waals surface area contributed by atoms with Gasteiger partial charge in [-0.1, -0.05) is 24.3 Å². The van der Waals surface area contributed by atoms with Crippen molar-refractivity contribution in [3.05, 3.63) is 66.7 Å². The summed E-state index contributed by atoms with van der Waals surface area (Å²) < 4.78 is 7.30. The number of ether oxygens (including phenoxy) is 1. The highest BCUT2D eigenvalue weighted by molar-refractivity contribution is 6.00. The number of benzene rings is 1. The number of hydrogen-bond donors (Lipinski definition) is 2. The fourth-order valence-electron chi connectivity index (χ4n) is 3.68. The van der Waals surface area contributed by atoms with Crippen LogP contribution < -0.4 is 20.3 Å². The van der Waals surface area contributed by atoms with E-state index in [1.165, 1.54) is 4.90 Å². The molecule has 2 amide bonds. The summed E-state index contributed by atoms with van der Waals surface area (Å²) in [5.74, 6) is 1.02. The van der Waals surface area contributed by atoms with Crippen molar-refractivity contribution in [2.24, 2.45) is 7.05 Å². The number of nitrogens with one attached hydrogen (secondary N) is 2. The number of anilines is 3. The average molecular weight is 429 g/mol. The van der Waals surface area contributed by atoms with Crippen LogP contribution in [0.4, 0.5) is 22.0 Å². The van der Waals surface area contributed by atoms with Crippen molar-refractivity contribution < 1.29 is 9.53 Å². The third-order valence-electron chi connectivity index (χ3n) is 5.36. The van der Waals surface area contributed by atoms with E-state index in [9.17, 15) is 4.79 Å². The van der Waals surface area contributed by atoms with E-state index in [1.807, 2.05) is 56.6 Å². The Morgan fingerprint density at radius 3 is 2.84 bits per heavy atom. The third kappa shape index (κ3) is 3.80. The number of amides is 2. The lowest BCUT2D eigenvalue weighted by atomic mass is 10.1. The molecule has 0 aliphatic carbocycles. The molecule has 0 fully saturated rings. The Kier molecular flexibility index (Phi) is 5.06. The number of aromatic nitrogens is 4. The van der Waals surface area contributed by atoms with Gasteiger partial charge in [-0.15, -0.1) is 0 Å². The largest absolute Gasteiger partial charge is 0.474 e. The number of aryl methyl sites for hydroxylation is 1. The highest BCUT2D eigenvalue weighted by Crippen LogP contribution is 2.33.